The summed E-state index contributed by atoms with van der Waals surface area (Å²) >= 11 is 9.35. The Morgan fingerprint density at radius 3 is 2.73 bits per heavy atom. The number of benzene rings is 1. The Hall–Kier alpha value is -0.0900. The third-order valence-electron chi connectivity index (χ3n) is 1.97. The van der Waals surface area contributed by atoms with Crippen molar-refractivity contribution >= 4 is 27.5 Å². The van der Waals surface area contributed by atoms with Crippen molar-refractivity contribution in [3.8, 4) is 0 Å². The standard InChI is InChI=1S/C11H15BrClNO/c1-7(2)15-6-11(14)9-5-8(13)3-4-10(9)12/h3-5,7,11H,6,14H2,1-2H3. The van der Waals surface area contributed by atoms with Gasteiger partial charge in [-0.05, 0) is 37.6 Å². The molecule has 0 aliphatic heterocycles. The maximum atomic E-state index is 6.00. The summed E-state index contributed by atoms with van der Waals surface area (Å²) in [6.07, 6.45) is 0.189. The van der Waals surface area contributed by atoms with Crippen LogP contribution in [0.25, 0.3) is 0 Å². The normalized spacial score (nSPS) is 13.2. The second-order valence-electron chi connectivity index (χ2n) is 3.65. The van der Waals surface area contributed by atoms with E-state index in [0.717, 1.165) is 10.0 Å². The van der Waals surface area contributed by atoms with Gasteiger partial charge in [0.2, 0.25) is 0 Å². The van der Waals surface area contributed by atoms with Crippen LogP contribution in [0, 0.1) is 0 Å². The van der Waals surface area contributed by atoms with Crippen molar-refractivity contribution in [2.45, 2.75) is 26.0 Å². The summed E-state index contributed by atoms with van der Waals surface area (Å²) in [5.41, 5.74) is 6.97. The van der Waals surface area contributed by atoms with E-state index in [1.807, 2.05) is 32.0 Å². The topological polar surface area (TPSA) is 35.2 Å². The van der Waals surface area contributed by atoms with Crippen LogP contribution >= 0.6 is 27.5 Å². The van der Waals surface area contributed by atoms with Gasteiger partial charge in [-0.3, -0.25) is 0 Å². The van der Waals surface area contributed by atoms with Crippen molar-refractivity contribution in [3.63, 3.8) is 0 Å². The lowest BCUT2D eigenvalue weighted by atomic mass is 10.1. The van der Waals surface area contributed by atoms with Gasteiger partial charge in [0.25, 0.3) is 0 Å². The Morgan fingerprint density at radius 1 is 1.47 bits per heavy atom. The maximum absolute atomic E-state index is 6.00. The van der Waals surface area contributed by atoms with Crippen LogP contribution < -0.4 is 5.73 Å². The molecule has 84 valence electrons. The van der Waals surface area contributed by atoms with Crippen molar-refractivity contribution in [2.24, 2.45) is 5.73 Å². The first-order valence-electron chi connectivity index (χ1n) is 4.83. The fraction of sp³-hybridized carbons (Fsp3) is 0.455. The van der Waals surface area contributed by atoms with E-state index in [4.69, 9.17) is 22.1 Å². The van der Waals surface area contributed by atoms with E-state index in [9.17, 15) is 0 Å². The zero-order chi connectivity index (χ0) is 11.4. The smallest absolute Gasteiger partial charge is 0.0663 e. The highest BCUT2D eigenvalue weighted by atomic mass is 79.9. The van der Waals surface area contributed by atoms with E-state index in [2.05, 4.69) is 15.9 Å². The number of nitrogens with two attached hydrogens (primary N) is 1. The lowest BCUT2D eigenvalue weighted by molar-refractivity contribution is 0.0682. The first-order valence-corrected chi connectivity index (χ1v) is 6.00. The van der Waals surface area contributed by atoms with E-state index in [-0.39, 0.29) is 12.1 Å². The first-order chi connectivity index (χ1) is 7.00. The fourth-order valence-electron chi connectivity index (χ4n) is 1.18. The summed E-state index contributed by atoms with van der Waals surface area (Å²) in [5, 5.41) is 0.688. The highest BCUT2D eigenvalue weighted by molar-refractivity contribution is 9.10. The summed E-state index contributed by atoms with van der Waals surface area (Å²) in [6.45, 7) is 4.47. The molecule has 1 rings (SSSR count). The summed E-state index contributed by atoms with van der Waals surface area (Å²) < 4.78 is 6.43. The molecule has 0 aliphatic carbocycles. The predicted octanol–water partition coefficient (Wildman–Crippen LogP) is 3.53. The monoisotopic (exact) mass is 291 g/mol. The van der Waals surface area contributed by atoms with E-state index < -0.39 is 0 Å². The second kappa shape index (κ2) is 5.85. The van der Waals surface area contributed by atoms with E-state index in [1.165, 1.54) is 0 Å². The Morgan fingerprint density at radius 2 is 2.13 bits per heavy atom. The largest absolute Gasteiger partial charge is 0.377 e. The third-order valence-corrected chi connectivity index (χ3v) is 2.92. The molecular formula is C11H15BrClNO. The zero-order valence-corrected chi connectivity index (χ0v) is 11.2. The lowest BCUT2D eigenvalue weighted by Crippen LogP contribution is -2.20. The summed E-state index contributed by atoms with van der Waals surface area (Å²) in [7, 11) is 0. The molecule has 0 saturated carbocycles. The van der Waals surface area contributed by atoms with Crippen molar-refractivity contribution in [1.82, 2.24) is 0 Å². The first kappa shape index (κ1) is 13.0. The van der Waals surface area contributed by atoms with Crippen LogP contribution in [-0.2, 0) is 4.74 Å². The Bertz CT molecular complexity index is 330. The minimum atomic E-state index is -0.152. The third kappa shape index (κ3) is 4.11. The number of ether oxygens (including phenoxy) is 1. The van der Waals surface area contributed by atoms with Crippen LogP contribution in [0.1, 0.15) is 25.5 Å². The van der Waals surface area contributed by atoms with E-state index in [0.29, 0.717) is 11.6 Å². The van der Waals surface area contributed by atoms with Crippen LogP contribution in [0.15, 0.2) is 22.7 Å². The van der Waals surface area contributed by atoms with Crippen LogP contribution in [-0.4, -0.2) is 12.7 Å². The number of hydrogen-bond donors (Lipinski definition) is 1. The van der Waals surface area contributed by atoms with Gasteiger partial charge in [-0.15, -0.1) is 0 Å². The van der Waals surface area contributed by atoms with Gasteiger partial charge < -0.3 is 10.5 Å². The van der Waals surface area contributed by atoms with Gasteiger partial charge in [-0.1, -0.05) is 27.5 Å². The fourth-order valence-corrected chi connectivity index (χ4v) is 1.91. The predicted molar refractivity (Wildman–Crippen MR) is 67.2 cm³/mol. The van der Waals surface area contributed by atoms with Crippen molar-refractivity contribution in [1.29, 1.82) is 0 Å². The summed E-state index contributed by atoms with van der Waals surface area (Å²) in [6, 6.07) is 5.43. The molecule has 1 unspecified atom stereocenters. The molecule has 0 spiro atoms. The molecular weight excluding hydrogens is 277 g/mol. The molecule has 0 amide bonds. The minimum absolute atomic E-state index is 0.152. The van der Waals surface area contributed by atoms with Crippen molar-refractivity contribution < 1.29 is 4.74 Å². The molecule has 15 heavy (non-hydrogen) atoms. The molecule has 1 aromatic rings. The van der Waals surface area contributed by atoms with Gasteiger partial charge in [0.1, 0.15) is 0 Å². The van der Waals surface area contributed by atoms with E-state index >= 15 is 0 Å². The van der Waals surface area contributed by atoms with Gasteiger partial charge in [-0.2, -0.15) is 0 Å². The average Bonchev–Trinajstić information content (AvgIpc) is 2.18. The molecule has 2 N–H and O–H groups in total. The molecule has 0 bridgehead atoms. The average molecular weight is 293 g/mol. The molecule has 0 saturated heterocycles. The molecule has 1 aromatic carbocycles. The Labute approximate surface area is 104 Å². The number of halogens is 2. The molecule has 2 nitrogen and oxygen atoms in total. The van der Waals surface area contributed by atoms with E-state index in [1.54, 1.807) is 0 Å². The van der Waals surface area contributed by atoms with Crippen LogP contribution in [0.3, 0.4) is 0 Å². The maximum Gasteiger partial charge on any atom is 0.0663 e. The van der Waals surface area contributed by atoms with Gasteiger partial charge in [0.15, 0.2) is 0 Å². The lowest BCUT2D eigenvalue weighted by Gasteiger charge is -2.16. The molecule has 0 aromatic heterocycles. The highest BCUT2D eigenvalue weighted by Gasteiger charge is 2.11. The molecule has 0 heterocycles. The molecule has 0 aliphatic rings. The SMILES string of the molecule is CC(C)OCC(N)c1cc(Cl)ccc1Br. The molecule has 0 fully saturated rings. The van der Waals surface area contributed by atoms with Gasteiger partial charge in [0, 0.05) is 9.50 Å². The summed E-state index contributed by atoms with van der Waals surface area (Å²) in [4.78, 5) is 0. The van der Waals surface area contributed by atoms with Crippen molar-refractivity contribution in [3.05, 3.63) is 33.3 Å². The molecule has 0 radical (unpaired) electrons. The zero-order valence-electron chi connectivity index (χ0n) is 8.84. The van der Waals surface area contributed by atoms with Gasteiger partial charge >= 0.3 is 0 Å². The van der Waals surface area contributed by atoms with Gasteiger partial charge in [0.05, 0.1) is 18.8 Å². The van der Waals surface area contributed by atoms with Crippen LogP contribution in [0.5, 0.6) is 0 Å². The number of rotatable bonds is 4. The van der Waals surface area contributed by atoms with Crippen molar-refractivity contribution in [2.75, 3.05) is 6.61 Å². The molecule has 4 heteroatoms. The molecule has 1 atom stereocenters. The van der Waals surface area contributed by atoms with Crippen LogP contribution in [0.2, 0.25) is 5.02 Å². The van der Waals surface area contributed by atoms with Crippen LogP contribution in [0.4, 0.5) is 0 Å². The minimum Gasteiger partial charge on any atom is -0.377 e. The number of hydrogen-bond acceptors (Lipinski definition) is 2. The van der Waals surface area contributed by atoms with Gasteiger partial charge in [-0.25, -0.2) is 0 Å². The highest BCUT2D eigenvalue weighted by Crippen LogP contribution is 2.25. The second-order valence-corrected chi connectivity index (χ2v) is 4.95. The Kier molecular flexibility index (Phi) is 5.06. The Balaban J connectivity index is 2.72. The quantitative estimate of drug-likeness (QED) is 0.921. The summed E-state index contributed by atoms with van der Waals surface area (Å²) in [5.74, 6) is 0.